The Hall–Kier alpha value is -1.03. The first-order valence-electron chi connectivity index (χ1n) is 10.6. The molecule has 0 bridgehead atoms. The number of aliphatic hydroxyl groups excluding tert-OH is 3. The molecular weight excluding hydrogens is 394 g/mol. The summed E-state index contributed by atoms with van der Waals surface area (Å²) < 4.78 is 33.3. The molecule has 0 unspecified atom stereocenters. The summed E-state index contributed by atoms with van der Waals surface area (Å²) in [6.07, 6.45) is 8.96. The summed E-state index contributed by atoms with van der Waals surface area (Å²) >= 11 is 0. The van der Waals surface area contributed by atoms with Crippen molar-refractivity contribution in [1.29, 1.82) is 0 Å². The molecule has 0 aromatic heterocycles. The van der Waals surface area contributed by atoms with Crippen LogP contribution in [0.5, 0.6) is 0 Å². The van der Waals surface area contributed by atoms with Crippen molar-refractivity contribution in [2.24, 2.45) is 0 Å². The molecule has 0 radical (unpaired) electrons. The standard InChI is InChI=1S/C15H24O3S.C6H15NO3/c1-2-3-4-5-6-7-8-11-14-12-9-10-13-15(14)19(16,17)18;8-4-1-7(2-5-9)3-6-10/h9-10,12-13H,2-8,11H2,1H3,(H,16,17,18);8-10H,1-6H2. The maximum Gasteiger partial charge on any atom is 0.124 e. The van der Waals surface area contributed by atoms with Gasteiger partial charge in [-0.05, 0) is 24.5 Å². The molecule has 0 aliphatic rings. The van der Waals surface area contributed by atoms with Crippen molar-refractivity contribution in [3.05, 3.63) is 29.8 Å². The van der Waals surface area contributed by atoms with Gasteiger partial charge in [-0.15, -0.1) is 0 Å². The van der Waals surface area contributed by atoms with Gasteiger partial charge in [-0.2, -0.15) is 0 Å². The number of aryl methyl sites for hydroxylation is 1. The molecule has 0 saturated heterocycles. The van der Waals surface area contributed by atoms with Gasteiger partial charge in [-0.25, -0.2) is 8.42 Å². The topological polar surface area (TPSA) is 122 Å². The predicted molar refractivity (Wildman–Crippen MR) is 113 cm³/mol. The van der Waals surface area contributed by atoms with Gasteiger partial charge in [0.25, 0.3) is 0 Å². The number of nitrogens with one attached hydrogen (secondary N) is 1. The predicted octanol–water partition coefficient (Wildman–Crippen LogP) is 0.732. The second-order valence-corrected chi connectivity index (χ2v) is 8.45. The van der Waals surface area contributed by atoms with Crippen LogP contribution >= 0.6 is 0 Å². The van der Waals surface area contributed by atoms with Gasteiger partial charge in [0.15, 0.2) is 0 Å². The van der Waals surface area contributed by atoms with Crippen LogP contribution in [0.1, 0.15) is 57.4 Å². The van der Waals surface area contributed by atoms with Gasteiger partial charge in [0.2, 0.25) is 0 Å². The van der Waals surface area contributed by atoms with Gasteiger partial charge in [-0.1, -0.05) is 63.6 Å². The average Bonchev–Trinajstić information content (AvgIpc) is 2.68. The highest BCUT2D eigenvalue weighted by atomic mass is 32.2. The lowest BCUT2D eigenvalue weighted by Gasteiger charge is -2.15. The van der Waals surface area contributed by atoms with Gasteiger partial charge in [0.05, 0.1) is 24.7 Å². The second kappa shape index (κ2) is 17.8. The maximum atomic E-state index is 11.1. The SMILES string of the molecule is CCCCCCCCCc1ccccc1S(=O)(=O)[O-].OCC[NH+](CCO)CCO. The van der Waals surface area contributed by atoms with Crippen LogP contribution in [0, 0.1) is 0 Å². The molecule has 7 nitrogen and oxygen atoms in total. The first-order chi connectivity index (χ1) is 13.9. The Labute approximate surface area is 176 Å². The molecule has 0 aliphatic carbocycles. The largest absolute Gasteiger partial charge is 0.744 e. The minimum atomic E-state index is -4.34. The van der Waals surface area contributed by atoms with E-state index in [1.54, 1.807) is 18.2 Å². The van der Waals surface area contributed by atoms with Crippen LogP contribution in [-0.2, 0) is 16.5 Å². The minimum Gasteiger partial charge on any atom is -0.744 e. The molecule has 0 spiro atoms. The minimum absolute atomic E-state index is 0.0546. The summed E-state index contributed by atoms with van der Waals surface area (Å²) in [7, 11) is -4.34. The number of hydrogen-bond acceptors (Lipinski definition) is 6. The van der Waals surface area contributed by atoms with E-state index in [0.717, 1.165) is 17.7 Å². The first-order valence-corrected chi connectivity index (χ1v) is 12.0. The zero-order valence-electron chi connectivity index (χ0n) is 17.7. The molecule has 170 valence electrons. The average molecular weight is 434 g/mol. The van der Waals surface area contributed by atoms with Crippen LogP contribution in [-0.4, -0.2) is 67.7 Å². The van der Waals surface area contributed by atoms with E-state index in [-0.39, 0.29) is 24.7 Å². The Morgan fingerprint density at radius 3 is 1.79 bits per heavy atom. The Bertz CT molecular complexity index is 595. The molecular formula is C21H39NO6S. The van der Waals surface area contributed by atoms with Crippen molar-refractivity contribution >= 4 is 10.1 Å². The maximum absolute atomic E-state index is 11.1. The molecule has 0 aliphatic heterocycles. The number of quaternary nitrogens is 1. The van der Waals surface area contributed by atoms with Gasteiger partial charge in [0.1, 0.15) is 29.8 Å². The summed E-state index contributed by atoms with van der Waals surface area (Å²) in [6.45, 7) is 4.31. The number of unbranched alkanes of at least 4 members (excludes halogenated alkanes) is 6. The van der Waals surface area contributed by atoms with E-state index in [1.165, 1.54) is 38.2 Å². The summed E-state index contributed by atoms with van der Waals surface area (Å²) in [5, 5.41) is 25.5. The zero-order chi connectivity index (χ0) is 22.0. The molecule has 0 fully saturated rings. The molecule has 0 atom stereocenters. The van der Waals surface area contributed by atoms with Crippen LogP contribution in [0.2, 0.25) is 0 Å². The highest BCUT2D eigenvalue weighted by Crippen LogP contribution is 2.18. The van der Waals surface area contributed by atoms with Crippen LogP contribution in [0.3, 0.4) is 0 Å². The summed E-state index contributed by atoms with van der Waals surface area (Å²) in [5.41, 5.74) is 0.658. The Kier molecular flexibility index (Phi) is 17.2. The van der Waals surface area contributed by atoms with Gasteiger partial charge in [0, 0.05) is 0 Å². The monoisotopic (exact) mass is 433 g/mol. The highest BCUT2D eigenvalue weighted by Gasteiger charge is 2.07. The zero-order valence-corrected chi connectivity index (χ0v) is 18.5. The van der Waals surface area contributed by atoms with Crippen molar-refractivity contribution in [1.82, 2.24) is 0 Å². The van der Waals surface area contributed by atoms with Gasteiger partial charge in [-0.3, -0.25) is 0 Å². The van der Waals surface area contributed by atoms with Gasteiger partial charge >= 0.3 is 0 Å². The number of rotatable bonds is 15. The smallest absolute Gasteiger partial charge is 0.124 e. The third-order valence-corrected chi connectivity index (χ3v) is 5.62. The fourth-order valence-electron chi connectivity index (χ4n) is 3.08. The fourth-order valence-corrected chi connectivity index (χ4v) is 3.81. The van der Waals surface area contributed by atoms with Crippen molar-refractivity contribution < 1.29 is 33.2 Å². The van der Waals surface area contributed by atoms with Crippen LogP contribution in [0.25, 0.3) is 0 Å². The van der Waals surface area contributed by atoms with E-state index in [2.05, 4.69) is 6.92 Å². The van der Waals surface area contributed by atoms with Gasteiger partial charge < -0.3 is 24.8 Å². The summed E-state index contributed by atoms with van der Waals surface area (Å²) in [5.74, 6) is 0. The number of hydrogen-bond donors (Lipinski definition) is 4. The van der Waals surface area contributed by atoms with Crippen molar-refractivity contribution in [3.8, 4) is 0 Å². The van der Waals surface area contributed by atoms with Crippen LogP contribution in [0.15, 0.2) is 29.2 Å². The fraction of sp³-hybridized carbons (Fsp3) is 0.714. The van der Waals surface area contributed by atoms with Crippen molar-refractivity contribution in [2.75, 3.05) is 39.5 Å². The molecule has 1 aromatic carbocycles. The van der Waals surface area contributed by atoms with Crippen LogP contribution in [0.4, 0.5) is 0 Å². The number of benzene rings is 1. The van der Waals surface area contributed by atoms with E-state index >= 15 is 0 Å². The molecule has 0 amide bonds. The number of aliphatic hydroxyl groups is 3. The van der Waals surface area contributed by atoms with Crippen molar-refractivity contribution in [2.45, 2.75) is 63.2 Å². The summed E-state index contributed by atoms with van der Waals surface area (Å²) in [4.78, 5) is 0.980. The Morgan fingerprint density at radius 1 is 0.828 bits per heavy atom. The molecule has 1 rings (SSSR count). The van der Waals surface area contributed by atoms with E-state index in [0.29, 0.717) is 31.6 Å². The van der Waals surface area contributed by atoms with E-state index in [1.807, 2.05) is 0 Å². The Morgan fingerprint density at radius 2 is 1.31 bits per heavy atom. The molecule has 0 heterocycles. The summed E-state index contributed by atoms with van der Waals surface area (Å²) in [6, 6.07) is 6.52. The first kappa shape index (κ1) is 28.0. The molecule has 0 saturated carbocycles. The molecule has 8 heteroatoms. The molecule has 29 heavy (non-hydrogen) atoms. The highest BCUT2D eigenvalue weighted by molar-refractivity contribution is 7.85. The second-order valence-electron chi connectivity index (χ2n) is 7.10. The van der Waals surface area contributed by atoms with E-state index in [9.17, 15) is 13.0 Å². The molecule has 4 N–H and O–H groups in total. The van der Waals surface area contributed by atoms with Crippen LogP contribution < -0.4 is 4.90 Å². The lowest BCUT2D eigenvalue weighted by atomic mass is 10.0. The normalized spacial score (nSPS) is 11.4. The quantitative estimate of drug-likeness (QED) is 0.239. The Balaban J connectivity index is 0.000000665. The van der Waals surface area contributed by atoms with E-state index < -0.39 is 10.1 Å². The lowest BCUT2D eigenvalue weighted by Crippen LogP contribution is -3.13. The third-order valence-electron chi connectivity index (χ3n) is 4.69. The van der Waals surface area contributed by atoms with E-state index in [4.69, 9.17) is 15.3 Å². The lowest BCUT2D eigenvalue weighted by molar-refractivity contribution is -0.901. The molecule has 1 aromatic rings. The third kappa shape index (κ3) is 14.6. The van der Waals surface area contributed by atoms with Crippen molar-refractivity contribution in [3.63, 3.8) is 0 Å².